The minimum absolute atomic E-state index is 0.0662. The summed E-state index contributed by atoms with van der Waals surface area (Å²) in [6.45, 7) is 2.11. The number of aromatic nitrogens is 3. The number of carbonyl (C=O) groups excluding carboxylic acids is 1. The molecule has 2 aromatic heterocycles. The second-order valence-corrected chi connectivity index (χ2v) is 6.62. The highest BCUT2D eigenvalue weighted by molar-refractivity contribution is 6.33. The van der Waals surface area contributed by atoms with Gasteiger partial charge in [0, 0.05) is 38.6 Å². The van der Waals surface area contributed by atoms with Crippen LogP contribution in [-0.2, 0) is 0 Å². The van der Waals surface area contributed by atoms with E-state index >= 15 is 0 Å². The van der Waals surface area contributed by atoms with Crippen molar-refractivity contribution in [1.82, 2.24) is 19.7 Å². The van der Waals surface area contributed by atoms with Gasteiger partial charge in [0.25, 0.3) is 5.91 Å². The van der Waals surface area contributed by atoms with Crippen LogP contribution in [-0.4, -0.2) is 51.8 Å². The van der Waals surface area contributed by atoms with Crippen LogP contribution < -0.4 is 4.90 Å². The van der Waals surface area contributed by atoms with Crippen LogP contribution in [0.2, 0.25) is 5.02 Å². The average Bonchev–Trinajstić information content (AvgIpc) is 3.23. The van der Waals surface area contributed by atoms with Gasteiger partial charge in [0.15, 0.2) is 11.6 Å². The minimum atomic E-state index is -0.596. The number of nitrogens with zero attached hydrogens (tertiary/aromatic N) is 5. The van der Waals surface area contributed by atoms with Crippen LogP contribution in [0.5, 0.6) is 0 Å². The summed E-state index contributed by atoms with van der Waals surface area (Å²) in [5, 5.41) is 8.66. The quantitative estimate of drug-likeness (QED) is 0.695. The van der Waals surface area contributed by atoms with Gasteiger partial charge in [-0.25, -0.2) is 4.39 Å². The molecule has 0 unspecified atom stereocenters. The van der Waals surface area contributed by atoms with E-state index < -0.39 is 5.82 Å². The number of benzene rings is 1. The molecule has 0 atom stereocenters. The molecule has 1 aliphatic rings. The lowest BCUT2D eigenvalue weighted by Crippen LogP contribution is -2.49. The number of halogens is 2. The van der Waals surface area contributed by atoms with Gasteiger partial charge in [-0.2, -0.15) is 0 Å². The van der Waals surface area contributed by atoms with Crippen LogP contribution in [0.4, 0.5) is 10.2 Å². The largest absolute Gasteiger partial charge is 0.352 e. The van der Waals surface area contributed by atoms with Gasteiger partial charge in [-0.05, 0) is 36.4 Å². The van der Waals surface area contributed by atoms with Crippen molar-refractivity contribution in [2.75, 3.05) is 31.1 Å². The molecule has 1 aliphatic heterocycles. The maximum atomic E-state index is 14.0. The van der Waals surface area contributed by atoms with Crippen molar-refractivity contribution in [3.63, 3.8) is 0 Å². The molecule has 4 rings (SSSR count). The smallest absolute Gasteiger partial charge is 0.258 e. The first kappa shape index (κ1) is 17.5. The maximum absolute atomic E-state index is 14.0. The van der Waals surface area contributed by atoms with Gasteiger partial charge in [-0.1, -0.05) is 17.7 Å². The summed E-state index contributed by atoms with van der Waals surface area (Å²) < 4.78 is 15.9. The lowest BCUT2D eigenvalue weighted by molar-refractivity contribution is 0.0742. The zero-order chi connectivity index (χ0) is 18.8. The summed E-state index contributed by atoms with van der Waals surface area (Å²) in [7, 11) is 0. The zero-order valence-corrected chi connectivity index (χ0v) is 15.2. The third-order valence-corrected chi connectivity index (χ3v) is 4.89. The zero-order valence-electron chi connectivity index (χ0n) is 14.4. The van der Waals surface area contributed by atoms with E-state index in [0.29, 0.717) is 26.2 Å². The van der Waals surface area contributed by atoms with Crippen molar-refractivity contribution >= 4 is 23.3 Å². The maximum Gasteiger partial charge on any atom is 0.258 e. The molecule has 1 saturated heterocycles. The number of hydrogen-bond acceptors (Lipinski definition) is 4. The molecule has 1 fully saturated rings. The summed E-state index contributed by atoms with van der Waals surface area (Å²) in [4.78, 5) is 16.3. The van der Waals surface area contributed by atoms with Gasteiger partial charge in [-0.15, -0.1) is 10.2 Å². The molecular formula is C19H17ClFN5O. The molecule has 0 N–H and O–H groups in total. The van der Waals surface area contributed by atoms with Gasteiger partial charge in [0.1, 0.15) is 5.82 Å². The summed E-state index contributed by atoms with van der Waals surface area (Å²) in [5.41, 5.74) is -0.0662. The second-order valence-electron chi connectivity index (χ2n) is 6.22. The Kier molecular flexibility index (Phi) is 4.77. The second kappa shape index (κ2) is 7.36. The van der Waals surface area contributed by atoms with Crippen LogP contribution in [0.15, 0.2) is 54.9 Å². The molecule has 1 amide bonds. The van der Waals surface area contributed by atoms with E-state index in [4.69, 9.17) is 11.6 Å². The molecule has 0 aliphatic carbocycles. The molecule has 27 heavy (non-hydrogen) atoms. The van der Waals surface area contributed by atoms with Crippen molar-refractivity contribution in [3.8, 4) is 5.82 Å². The van der Waals surface area contributed by atoms with Crippen molar-refractivity contribution in [2.24, 2.45) is 0 Å². The van der Waals surface area contributed by atoms with Gasteiger partial charge >= 0.3 is 0 Å². The summed E-state index contributed by atoms with van der Waals surface area (Å²) in [6.07, 6.45) is 3.81. The molecule has 138 valence electrons. The molecule has 3 heterocycles. The Bertz CT molecular complexity index is 917. The molecule has 1 aromatic carbocycles. The lowest BCUT2D eigenvalue weighted by atomic mass is 10.1. The van der Waals surface area contributed by atoms with Crippen LogP contribution in [0.3, 0.4) is 0 Å². The molecular weight excluding hydrogens is 369 g/mol. The monoisotopic (exact) mass is 385 g/mol. The Morgan fingerprint density at radius 2 is 1.59 bits per heavy atom. The van der Waals surface area contributed by atoms with Gasteiger partial charge in [0.2, 0.25) is 0 Å². The average molecular weight is 386 g/mol. The molecule has 0 saturated carbocycles. The van der Waals surface area contributed by atoms with Crippen LogP contribution >= 0.6 is 11.6 Å². The normalized spacial score (nSPS) is 14.4. The van der Waals surface area contributed by atoms with Gasteiger partial charge < -0.3 is 14.4 Å². The van der Waals surface area contributed by atoms with Crippen LogP contribution in [0, 0.1) is 5.82 Å². The Morgan fingerprint density at radius 3 is 2.22 bits per heavy atom. The van der Waals surface area contributed by atoms with Gasteiger partial charge in [0.05, 0.1) is 10.6 Å². The first-order valence-electron chi connectivity index (χ1n) is 8.59. The third-order valence-electron chi connectivity index (χ3n) is 4.57. The van der Waals surface area contributed by atoms with Crippen molar-refractivity contribution < 1.29 is 9.18 Å². The molecule has 8 heteroatoms. The summed E-state index contributed by atoms with van der Waals surface area (Å²) in [6, 6.07) is 11.9. The minimum Gasteiger partial charge on any atom is -0.352 e. The highest BCUT2D eigenvalue weighted by Crippen LogP contribution is 2.22. The van der Waals surface area contributed by atoms with Gasteiger partial charge in [-0.3, -0.25) is 4.79 Å². The van der Waals surface area contributed by atoms with E-state index in [9.17, 15) is 9.18 Å². The SMILES string of the molecule is O=C(c1c(F)cccc1Cl)N1CCN(c2ccc(-n3cccc3)nn2)CC1. The number of amides is 1. The fourth-order valence-electron chi connectivity index (χ4n) is 3.11. The highest BCUT2D eigenvalue weighted by atomic mass is 35.5. The molecule has 3 aromatic rings. The molecule has 6 nitrogen and oxygen atoms in total. The van der Waals surface area contributed by atoms with Crippen LogP contribution in [0.25, 0.3) is 5.82 Å². The van der Waals surface area contributed by atoms with E-state index in [2.05, 4.69) is 15.1 Å². The third kappa shape index (κ3) is 3.50. The summed E-state index contributed by atoms with van der Waals surface area (Å²) in [5.74, 6) is 0.516. The Labute approximate surface area is 160 Å². The Balaban J connectivity index is 1.42. The predicted molar refractivity (Wildman–Crippen MR) is 101 cm³/mol. The molecule has 0 radical (unpaired) electrons. The van der Waals surface area contributed by atoms with Crippen molar-refractivity contribution in [1.29, 1.82) is 0 Å². The number of hydrogen-bond donors (Lipinski definition) is 0. The molecule has 0 bridgehead atoms. The first-order valence-corrected chi connectivity index (χ1v) is 8.96. The fraction of sp³-hybridized carbons (Fsp3) is 0.211. The molecule has 0 spiro atoms. The Hall–Kier alpha value is -2.93. The fourth-order valence-corrected chi connectivity index (χ4v) is 3.35. The van der Waals surface area contributed by atoms with E-state index in [1.165, 1.54) is 18.2 Å². The first-order chi connectivity index (χ1) is 13.1. The lowest BCUT2D eigenvalue weighted by Gasteiger charge is -2.35. The van der Waals surface area contributed by atoms with Crippen molar-refractivity contribution in [3.05, 3.63) is 71.3 Å². The van der Waals surface area contributed by atoms with E-state index in [0.717, 1.165) is 11.6 Å². The number of rotatable bonds is 3. The van der Waals surface area contributed by atoms with E-state index in [1.54, 1.807) is 4.90 Å². The standard InChI is InChI=1S/C19H17ClFN5O/c20-14-4-3-5-15(21)18(14)19(27)26-12-10-25(11-13-26)17-7-6-16(22-23-17)24-8-1-2-9-24/h1-9H,10-13H2. The Morgan fingerprint density at radius 1 is 0.926 bits per heavy atom. The highest BCUT2D eigenvalue weighted by Gasteiger charge is 2.26. The van der Waals surface area contributed by atoms with E-state index in [-0.39, 0.29) is 16.5 Å². The predicted octanol–water partition coefficient (Wildman–Crippen LogP) is 3.02. The number of anilines is 1. The summed E-state index contributed by atoms with van der Waals surface area (Å²) >= 11 is 6.01. The van der Waals surface area contributed by atoms with Crippen molar-refractivity contribution in [2.45, 2.75) is 0 Å². The number of piperazine rings is 1. The topological polar surface area (TPSA) is 54.3 Å². The number of carbonyl (C=O) groups is 1. The van der Waals surface area contributed by atoms with E-state index in [1.807, 2.05) is 41.2 Å². The van der Waals surface area contributed by atoms with Crippen LogP contribution in [0.1, 0.15) is 10.4 Å².